The van der Waals surface area contributed by atoms with Crippen molar-refractivity contribution in [1.29, 1.82) is 0 Å². The smallest absolute Gasteiger partial charge is 0.268 e. The molecule has 1 aliphatic rings. The number of amides is 1. The average molecular weight is 355 g/mol. The van der Waals surface area contributed by atoms with Gasteiger partial charge in [0, 0.05) is 5.39 Å². The first-order chi connectivity index (χ1) is 12.0. The van der Waals surface area contributed by atoms with Crippen molar-refractivity contribution < 1.29 is 9.53 Å². The van der Waals surface area contributed by atoms with Crippen molar-refractivity contribution in [2.45, 2.75) is 32.5 Å². The first-order valence-electron chi connectivity index (χ1n) is 8.39. The third-order valence-electron chi connectivity index (χ3n) is 4.62. The second-order valence-electron chi connectivity index (χ2n) is 6.48. The molecular formula is C20H19ClN2O2. The fourth-order valence-corrected chi connectivity index (χ4v) is 3.60. The van der Waals surface area contributed by atoms with E-state index >= 15 is 0 Å². The van der Waals surface area contributed by atoms with E-state index in [2.05, 4.69) is 5.32 Å². The molecule has 0 saturated carbocycles. The molecule has 1 amide bonds. The predicted molar refractivity (Wildman–Crippen MR) is 99.4 cm³/mol. The van der Waals surface area contributed by atoms with Gasteiger partial charge in [-0.3, -0.25) is 4.79 Å². The molecule has 128 valence electrons. The maximum atomic E-state index is 12.9. The number of carbonyl (C=O) groups is 1. The molecule has 5 heteroatoms. The number of nitrogens with one attached hydrogen (secondary N) is 1. The lowest BCUT2D eigenvalue weighted by atomic mass is 10.1. The Morgan fingerprint density at radius 1 is 1.28 bits per heavy atom. The number of nitrogens with zero attached hydrogens (tertiary/aromatic N) is 1. The Balaban J connectivity index is 1.72. The molecule has 4 rings (SSSR count). The minimum atomic E-state index is -0.108. The quantitative estimate of drug-likeness (QED) is 0.748. The number of halogens is 1. The van der Waals surface area contributed by atoms with Gasteiger partial charge in [0.25, 0.3) is 5.91 Å². The number of ether oxygens (including phenoxy) is 1. The van der Waals surface area contributed by atoms with E-state index in [1.807, 2.05) is 66.9 Å². The number of rotatable bonds is 3. The second-order valence-corrected chi connectivity index (χ2v) is 6.89. The topological polar surface area (TPSA) is 43.3 Å². The van der Waals surface area contributed by atoms with Crippen molar-refractivity contribution >= 4 is 28.4 Å². The van der Waals surface area contributed by atoms with Crippen molar-refractivity contribution in [2.75, 3.05) is 0 Å². The van der Waals surface area contributed by atoms with Gasteiger partial charge in [-0.2, -0.15) is 0 Å². The number of aromatic nitrogens is 1. The fraction of sp³-hybridized carbons (Fsp3) is 0.250. The summed E-state index contributed by atoms with van der Waals surface area (Å²) in [4.78, 5) is 12.9. The highest BCUT2D eigenvalue weighted by Crippen LogP contribution is 2.37. The summed E-state index contributed by atoms with van der Waals surface area (Å²) >= 11 is 6.34. The highest BCUT2D eigenvalue weighted by atomic mass is 35.5. The maximum absolute atomic E-state index is 12.9. The molecule has 0 saturated heterocycles. The summed E-state index contributed by atoms with van der Waals surface area (Å²) in [5.41, 5.74) is 2.58. The number of hydrogen-bond acceptors (Lipinski definition) is 2. The number of carbonyl (C=O) groups excluding carboxylic acids is 1. The summed E-state index contributed by atoms with van der Waals surface area (Å²) in [5, 5.41) is 4.56. The summed E-state index contributed by atoms with van der Waals surface area (Å²) in [6, 6.07) is 15.4. The van der Waals surface area contributed by atoms with Gasteiger partial charge >= 0.3 is 0 Å². The molecule has 2 unspecified atom stereocenters. The lowest BCUT2D eigenvalue weighted by Crippen LogP contribution is -2.31. The highest BCUT2D eigenvalue weighted by molar-refractivity contribution is 6.36. The Kier molecular flexibility index (Phi) is 3.92. The highest BCUT2D eigenvalue weighted by Gasteiger charge is 2.26. The van der Waals surface area contributed by atoms with Crippen LogP contribution >= 0.6 is 11.6 Å². The Labute approximate surface area is 151 Å². The Morgan fingerprint density at radius 3 is 2.80 bits per heavy atom. The van der Waals surface area contributed by atoms with E-state index in [1.54, 1.807) is 0 Å². The lowest BCUT2D eigenvalue weighted by molar-refractivity contribution is 0.0926. The van der Waals surface area contributed by atoms with Gasteiger partial charge in [0.1, 0.15) is 17.5 Å². The predicted octanol–water partition coefficient (Wildman–Crippen LogP) is 4.57. The molecule has 0 fully saturated rings. The van der Waals surface area contributed by atoms with Crippen LogP contribution in [0.2, 0.25) is 5.02 Å². The molecule has 1 N–H and O–H groups in total. The zero-order chi connectivity index (χ0) is 17.6. The molecule has 0 spiro atoms. The van der Waals surface area contributed by atoms with E-state index in [-0.39, 0.29) is 18.1 Å². The lowest BCUT2D eigenvalue weighted by Gasteiger charge is -2.25. The average Bonchev–Trinajstić information content (AvgIpc) is 2.99. The summed E-state index contributed by atoms with van der Waals surface area (Å²) in [6.07, 6.45) is 0.00220. The molecule has 25 heavy (non-hydrogen) atoms. The Hall–Kier alpha value is -2.46. The van der Waals surface area contributed by atoms with E-state index < -0.39 is 0 Å². The van der Waals surface area contributed by atoms with Gasteiger partial charge in [0.05, 0.1) is 23.1 Å². The molecule has 3 aromatic rings. The van der Waals surface area contributed by atoms with Crippen molar-refractivity contribution in [3.05, 3.63) is 64.8 Å². The SMILES string of the molecule is CC1Cn2c(C(=O)NC(C)c3ccccc3)cc3c(Cl)ccc(c32)O1. The molecule has 2 heterocycles. The first-order valence-corrected chi connectivity index (χ1v) is 8.76. The van der Waals surface area contributed by atoms with Gasteiger partial charge in [0.15, 0.2) is 0 Å². The normalized spacial score (nSPS) is 17.2. The molecule has 1 aliphatic heterocycles. The van der Waals surface area contributed by atoms with Crippen LogP contribution in [0.4, 0.5) is 0 Å². The Bertz CT molecular complexity index is 949. The third-order valence-corrected chi connectivity index (χ3v) is 4.95. The van der Waals surface area contributed by atoms with E-state index in [9.17, 15) is 4.79 Å². The maximum Gasteiger partial charge on any atom is 0.268 e. The van der Waals surface area contributed by atoms with Crippen LogP contribution < -0.4 is 10.1 Å². The van der Waals surface area contributed by atoms with E-state index in [4.69, 9.17) is 16.3 Å². The molecule has 1 aromatic heterocycles. The Morgan fingerprint density at radius 2 is 2.04 bits per heavy atom. The van der Waals surface area contributed by atoms with Gasteiger partial charge in [-0.25, -0.2) is 0 Å². The summed E-state index contributed by atoms with van der Waals surface area (Å²) < 4.78 is 7.90. The molecule has 4 nitrogen and oxygen atoms in total. The molecular weight excluding hydrogens is 336 g/mol. The monoisotopic (exact) mass is 354 g/mol. The van der Waals surface area contributed by atoms with Crippen LogP contribution in [-0.4, -0.2) is 16.6 Å². The van der Waals surface area contributed by atoms with Crippen LogP contribution in [0.1, 0.15) is 35.9 Å². The molecule has 2 aromatic carbocycles. The number of benzene rings is 2. The fourth-order valence-electron chi connectivity index (χ4n) is 3.39. The van der Waals surface area contributed by atoms with Crippen LogP contribution in [-0.2, 0) is 6.54 Å². The van der Waals surface area contributed by atoms with Crippen LogP contribution in [0.15, 0.2) is 48.5 Å². The minimum Gasteiger partial charge on any atom is -0.487 e. The van der Waals surface area contributed by atoms with Gasteiger partial charge in [-0.1, -0.05) is 41.9 Å². The number of hydrogen-bond donors (Lipinski definition) is 1. The van der Waals surface area contributed by atoms with Crippen molar-refractivity contribution in [3.63, 3.8) is 0 Å². The largest absolute Gasteiger partial charge is 0.487 e. The summed E-state index contributed by atoms with van der Waals surface area (Å²) in [6.45, 7) is 4.60. The van der Waals surface area contributed by atoms with Gasteiger partial charge in [0.2, 0.25) is 0 Å². The van der Waals surface area contributed by atoms with Crippen LogP contribution in [0, 0.1) is 0 Å². The van der Waals surface area contributed by atoms with Gasteiger partial charge < -0.3 is 14.6 Å². The van der Waals surface area contributed by atoms with E-state index in [0.29, 0.717) is 17.3 Å². The first kappa shape index (κ1) is 16.0. The van der Waals surface area contributed by atoms with E-state index in [0.717, 1.165) is 22.2 Å². The molecule has 0 aliphatic carbocycles. The standard InChI is InChI=1S/C20H19ClN2O2/c1-12-11-23-17(10-15-16(21)8-9-18(25-12)19(15)23)20(24)22-13(2)14-6-4-3-5-7-14/h3-10,12-13H,11H2,1-2H3,(H,22,24). The summed E-state index contributed by atoms with van der Waals surface area (Å²) in [7, 11) is 0. The van der Waals surface area contributed by atoms with Crippen molar-refractivity contribution in [2.24, 2.45) is 0 Å². The van der Waals surface area contributed by atoms with Crippen LogP contribution in [0.5, 0.6) is 5.75 Å². The molecule has 2 atom stereocenters. The van der Waals surface area contributed by atoms with Crippen molar-refractivity contribution in [3.8, 4) is 5.75 Å². The third kappa shape index (κ3) is 2.76. The van der Waals surface area contributed by atoms with Crippen LogP contribution in [0.25, 0.3) is 10.9 Å². The summed E-state index contributed by atoms with van der Waals surface area (Å²) in [5.74, 6) is 0.664. The zero-order valence-corrected chi connectivity index (χ0v) is 14.9. The van der Waals surface area contributed by atoms with E-state index in [1.165, 1.54) is 0 Å². The van der Waals surface area contributed by atoms with Gasteiger partial charge in [-0.15, -0.1) is 0 Å². The van der Waals surface area contributed by atoms with Gasteiger partial charge in [-0.05, 0) is 37.6 Å². The van der Waals surface area contributed by atoms with Crippen LogP contribution in [0.3, 0.4) is 0 Å². The minimum absolute atomic E-state index is 0.00220. The van der Waals surface area contributed by atoms with Crippen molar-refractivity contribution in [1.82, 2.24) is 9.88 Å². The molecule has 0 bridgehead atoms. The second kappa shape index (κ2) is 6.12. The zero-order valence-electron chi connectivity index (χ0n) is 14.1. The molecule has 0 radical (unpaired) electrons.